The van der Waals surface area contributed by atoms with Crippen molar-refractivity contribution in [3.8, 4) is 11.5 Å². The molecule has 1 unspecified atom stereocenters. The summed E-state index contributed by atoms with van der Waals surface area (Å²) in [4.78, 5) is 124. The van der Waals surface area contributed by atoms with E-state index in [0.29, 0.717) is 42.7 Å². The number of likely N-dealkylation sites (N-methyl/N-ethyl adjacent to an activating group) is 1. The summed E-state index contributed by atoms with van der Waals surface area (Å²) in [6.07, 6.45) is 5.78. The van der Waals surface area contributed by atoms with E-state index in [1.165, 1.54) is 59.4 Å². The van der Waals surface area contributed by atoms with E-state index in [-0.39, 0.29) is 97.5 Å². The van der Waals surface area contributed by atoms with Crippen LogP contribution in [0.1, 0.15) is 153 Å². The van der Waals surface area contributed by atoms with Crippen molar-refractivity contribution in [3.05, 3.63) is 75.8 Å². The molecule has 23 heteroatoms. The van der Waals surface area contributed by atoms with E-state index >= 15 is 0 Å². The highest BCUT2D eigenvalue weighted by Gasteiger charge is 2.64. The van der Waals surface area contributed by atoms with Gasteiger partial charge in [-0.2, -0.15) is 0 Å². The smallest absolute Gasteiger partial charge is 0.328 e. The number of urea groups is 1. The second-order valence-corrected chi connectivity index (χ2v) is 25.4. The van der Waals surface area contributed by atoms with Crippen LogP contribution in [-0.2, 0) is 70.1 Å². The first kappa shape index (κ1) is 71.2. The maximum absolute atomic E-state index is 14.6. The zero-order valence-electron chi connectivity index (χ0n) is 53.6. The summed E-state index contributed by atoms with van der Waals surface area (Å²) in [7, 11) is 7.18. The zero-order chi connectivity index (χ0) is 65.7. The molecule has 4 aliphatic rings. The van der Waals surface area contributed by atoms with Crippen molar-refractivity contribution in [1.29, 1.82) is 0 Å². The Morgan fingerprint density at radius 3 is 2.31 bits per heavy atom. The number of amides is 5. The molecule has 2 aromatic carbocycles. The monoisotopic (exact) mass is 1260 g/mol. The molecule has 0 radical (unpaired) electrons. The molecule has 22 nitrogen and oxygen atoms in total. The predicted molar refractivity (Wildman–Crippen MR) is 331 cm³/mol. The van der Waals surface area contributed by atoms with Crippen LogP contribution in [0.3, 0.4) is 0 Å². The van der Waals surface area contributed by atoms with E-state index in [4.69, 9.17) is 50.5 Å². The lowest BCUT2D eigenvalue weighted by atomic mass is 9.78. The third-order valence-corrected chi connectivity index (χ3v) is 18.3. The molecule has 490 valence electrons. The van der Waals surface area contributed by atoms with Crippen molar-refractivity contribution in [2.75, 3.05) is 46.9 Å². The molecule has 5 amide bonds. The van der Waals surface area contributed by atoms with Crippen molar-refractivity contribution in [2.24, 2.45) is 29.4 Å². The highest BCUT2D eigenvalue weighted by molar-refractivity contribution is 6.35. The number of ketones is 2. The molecule has 1 saturated carbocycles. The lowest BCUT2D eigenvalue weighted by Crippen LogP contribution is -2.53. The largest absolute Gasteiger partial charge is 0.496 e. The first-order valence-electron chi connectivity index (χ1n) is 30.9. The lowest BCUT2D eigenvalue weighted by Gasteiger charge is -2.41. The Morgan fingerprint density at radius 1 is 0.966 bits per heavy atom. The predicted octanol–water partition coefficient (Wildman–Crippen LogP) is 7.66. The van der Waals surface area contributed by atoms with Crippen molar-refractivity contribution in [1.82, 2.24) is 15.5 Å². The second kappa shape index (κ2) is 31.7. The summed E-state index contributed by atoms with van der Waals surface area (Å²) in [5.74, 6) is -5.09. The molecule has 3 heterocycles. The number of methoxy groups -OCH3 is 3. The van der Waals surface area contributed by atoms with Gasteiger partial charge in [0.1, 0.15) is 57.9 Å². The summed E-state index contributed by atoms with van der Waals surface area (Å²) >= 11 is 6.87. The van der Waals surface area contributed by atoms with Gasteiger partial charge in [0.15, 0.2) is 5.78 Å². The summed E-state index contributed by atoms with van der Waals surface area (Å²) in [6, 6.07) is 4.98. The Labute approximate surface area is 527 Å². The SMILES string of the molecule is COc1cc(CC(=O)[C@H](CCCNC(N)=O)NC(=O)[C@@H](CC(=O)CCCCC(C)OC(=O)C2CCC2)C(C)C)ccc1C(=O)N(C)[C@@H](C)C(=O)O[C@H]1CC(=O)N(C)c2cc(cc(OC)c2Cl)C/C(C)=C/C=C/[C@@H](OC)[C@]2(O)CC(=O)O[C@@H](C2)[C@@H](C)[C@@H]2O[C@@]12C. The molecule has 5 N–H and O–H groups in total. The van der Waals surface area contributed by atoms with Crippen LogP contribution in [0.5, 0.6) is 11.5 Å². The van der Waals surface area contributed by atoms with E-state index in [2.05, 4.69) is 10.6 Å². The fourth-order valence-corrected chi connectivity index (χ4v) is 12.1. The third kappa shape index (κ3) is 18.6. The number of allylic oxidation sites excluding steroid dienone is 3. The molecule has 11 atom stereocenters. The van der Waals surface area contributed by atoms with Gasteiger partial charge in [-0.05, 0) is 120 Å². The van der Waals surface area contributed by atoms with Gasteiger partial charge in [0.25, 0.3) is 5.91 Å². The summed E-state index contributed by atoms with van der Waals surface area (Å²) < 4.78 is 41.1. The van der Waals surface area contributed by atoms with Crippen molar-refractivity contribution >= 4 is 70.5 Å². The van der Waals surface area contributed by atoms with Crippen LogP contribution in [0.2, 0.25) is 5.02 Å². The standard InChI is InChI=1S/C66H92ClN5O17/c1-37(2)47(33-45(73)22-14-13-19-39(4)86-63(80)44-20-16-21-44)60(77)70-48(23-17-27-69-64(68)81)50(74)30-42-25-26-46(51(31-42)83-10)61(78)71(8)41(6)62(79)88-55-34-56(75)72(9)49-29-43(32-52(84-11)58(49)67)28-38(3)18-15-24-54(85-12)66(82)35-53(87-57(76)36-66)40(5)59-65(55,7)89-59/h15,18,24-26,29,31-32,37,39-41,44,47-48,53-55,59,82H,13-14,16-17,19-23,27-28,30,33-36H2,1-12H3,(H,70,77)(H3,68,69,81)/b24-15+,38-18+/t39?,40-,41+,47+,48+,53+,54-,55+,59+,65+,66-/m1/s1. The molecule has 1 aliphatic carbocycles. The number of halogens is 1. The van der Waals surface area contributed by atoms with Gasteiger partial charge < -0.3 is 64.4 Å². The first-order valence-corrected chi connectivity index (χ1v) is 31.2. The first-order chi connectivity index (χ1) is 42.0. The molecule has 89 heavy (non-hydrogen) atoms. The number of carbonyl (C=O) groups is 9. The number of fused-ring (bicyclic) bond motifs is 5. The number of nitrogens with one attached hydrogen (secondary N) is 2. The number of Topliss-reactive ketones (excluding diaryl/α,β-unsaturated/α-hetero) is 2. The number of esters is 3. The van der Waals surface area contributed by atoms with Gasteiger partial charge in [0.2, 0.25) is 11.8 Å². The molecule has 0 spiro atoms. The van der Waals surface area contributed by atoms with Crippen molar-refractivity contribution < 1.29 is 81.4 Å². The Morgan fingerprint density at radius 2 is 1.67 bits per heavy atom. The Kier molecular flexibility index (Phi) is 25.4. The van der Waals surface area contributed by atoms with Crippen molar-refractivity contribution in [3.63, 3.8) is 0 Å². The maximum Gasteiger partial charge on any atom is 0.328 e. The van der Waals surface area contributed by atoms with Gasteiger partial charge in [0.05, 0.1) is 62.5 Å². The van der Waals surface area contributed by atoms with E-state index in [1.54, 1.807) is 44.2 Å². The van der Waals surface area contributed by atoms with Crippen LogP contribution in [0.15, 0.2) is 54.1 Å². The van der Waals surface area contributed by atoms with Gasteiger partial charge in [-0.1, -0.05) is 68.7 Å². The molecule has 3 fully saturated rings. The van der Waals surface area contributed by atoms with Gasteiger partial charge in [0, 0.05) is 65.3 Å². The summed E-state index contributed by atoms with van der Waals surface area (Å²) in [6.45, 7) is 12.5. The van der Waals surface area contributed by atoms with E-state index in [1.807, 2.05) is 33.8 Å². The lowest BCUT2D eigenvalue weighted by molar-refractivity contribution is -0.187. The molecular formula is C66H92ClN5O17. The minimum absolute atomic E-state index is 0.0145. The second-order valence-electron chi connectivity index (χ2n) is 25.0. The molecule has 2 saturated heterocycles. The maximum atomic E-state index is 14.6. The normalized spacial score (nSPS) is 25.2. The number of ether oxygens (including phenoxy) is 7. The molecule has 6 rings (SSSR count). The quantitative estimate of drug-likeness (QED) is 0.0304. The molecule has 4 bridgehead atoms. The minimum Gasteiger partial charge on any atom is -0.496 e. The summed E-state index contributed by atoms with van der Waals surface area (Å²) in [5, 5.41) is 17.6. The van der Waals surface area contributed by atoms with Gasteiger partial charge >= 0.3 is 23.9 Å². The highest BCUT2D eigenvalue weighted by atomic mass is 35.5. The number of epoxide rings is 1. The Hall–Kier alpha value is -6.88. The van der Waals surface area contributed by atoms with Gasteiger partial charge in [-0.3, -0.25) is 33.6 Å². The number of primary amides is 1. The average Bonchev–Trinajstić information content (AvgIpc) is 1.62. The topological polar surface area (TPSA) is 298 Å². The number of hydrogen-bond donors (Lipinski definition) is 4. The van der Waals surface area contributed by atoms with Gasteiger partial charge in [-0.15, -0.1) is 0 Å². The van der Waals surface area contributed by atoms with Crippen LogP contribution in [0.25, 0.3) is 0 Å². The third-order valence-electron chi connectivity index (χ3n) is 17.9. The van der Waals surface area contributed by atoms with Crippen LogP contribution >= 0.6 is 11.6 Å². The van der Waals surface area contributed by atoms with Crippen molar-refractivity contribution in [2.45, 2.75) is 199 Å². The number of carbonyl (C=O) groups excluding carboxylic acids is 9. The number of nitrogens with zero attached hydrogens (tertiary/aromatic N) is 2. The molecule has 0 aromatic heterocycles. The van der Waals surface area contributed by atoms with E-state index in [9.17, 15) is 48.3 Å². The molecular weight excluding hydrogens is 1170 g/mol. The minimum atomic E-state index is -1.67. The number of rotatable bonds is 26. The van der Waals surface area contributed by atoms with Crippen LogP contribution in [0, 0.1) is 23.7 Å². The number of hydrogen-bond acceptors (Lipinski definition) is 17. The number of nitrogens with two attached hydrogens (primary N) is 1. The van der Waals surface area contributed by atoms with Gasteiger partial charge in [-0.25, -0.2) is 9.59 Å². The van der Waals surface area contributed by atoms with Crippen LogP contribution in [0.4, 0.5) is 10.5 Å². The number of unbranched alkanes of at least 4 members (excludes halogenated alkanes) is 1. The Bertz CT molecular complexity index is 2980. The van der Waals surface area contributed by atoms with E-state index in [0.717, 1.165) is 35.3 Å². The number of anilines is 1. The van der Waals surface area contributed by atoms with E-state index < -0.39 is 107 Å². The fraction of sp³-hybridized carbons (Fsp3) is 0.621. The number of benzene rings is 2. The fourth-order valence-electron chi connectivity index (χ4n) is 11.8. The van der Waals surface area contributed by atoms with Crippen LogP contribution in [-0.4, -0.2) is 159 Å². The average molecular weight is 1260 g/mol. The molecule has 3 aliphatic heterocycles. The Balaban J connectivity index is 1.17. The van der Waals surface area contributed by atoms with Crippen LogP contribution < -0.4 is 30.7 Å². The highest BCUT2D eigenvalue weighted by Crippen LogP contribution is 2.50. The molecule has 2 aromatic rings. The zero-order valence-corrected chi connectivity index (χ0v) is 54.4. The summed E-state index contributed by atoms with van der Waals surface area (Å²) in [5.41, 5.74) is 4.70. The number of aliphatic hydroxyl groups is 1.